The minimum absolute atomic E-state index is 0.321. The van der Waals surface area contributed by atoms with Crippen molar-refractivity contribution in [2.45, 2.75) is 38.9 Å². The fraction of sp³-hybridized carbons (Fsp3) is 1.00. The predicted molar refractivity (Wildman–Crippen MR) is 61.1 cm³/mol. The Kier molecular flexibility index (Phi) is 10.3. The average molecular weight is 219 g/mol. The standard InChI is InChI=1S/C11H25NO3/c1-10(2)15-7-5-4-6-12-8-11(13)9-14-3/h10-13H,4-9H2,1-3H3. The predicted octanol–water partition coefficient (Wildman–Crippen LogP) is 0.788. The van der Waals surface area contributed by atoms with Gasteiger partial charge in [0.2, 0.25) is 0 Å². The van der Waals surface area contributed by atoms with Crippen LogP contribution < -0.4 is 5.32 Å². The molecule has 0 aliphatic heterocycles. The Morgan fingerprint density at radius 2 is 2.00 bits per heavy atom. The third-order valence-corrected chi connectivity index (χ3v) is 1.94. The molecule has 92 valence electrons. The Morgan fingerprint density at radius 1 is 1.27 bits per heavy atom. The SMILES string of the molecule is COCC(O)CNCCCCOC(C)C. The first-order valence-corrected chi connectivity index (χ1v) is 5.66. The molecule has 0 fully saturated rings. The van der Waals surface area contributed by atoms with E-state index in [1.54, 1.807) is 7.11 Å². The van der Waals surface area contributed by atoms with Crippen LogP contribution in [0.4, 0.5) is 0 Å². The zero-order valence-corrected chi connectivity index (χ0v) is 10.2. The lowest BCUT2D eigenvalue weighted by molar-refractivity contribution is 0.0635. The summed E-state index contributed by atoms with van der Waals surface area (Å²) in [5.41, 5.74) is 0. The molecule has 2 N–H and O–H groups in total. The molecule has 4 heteroatoms. The normalized spacial score (nSPS) is 13.4. The van der Waals surface area contributed by atoms with Gasteiger partial charge in [0.25, 0.3) is 0 Å². The molecule has 0 aliphatic rings. The monoisotopic (exact) mass is 219 g/mol. The molecule has 0 aromatic carbocycles. The van der Waals surface area contributed by atoms with Gasteiger partial charge in [-0.05, 0) is 33.2 Å². The molecule has 0 heterocycles. The van der Waals surface area contributed by atoms with Gasteiger partial charge in [-0.1, -0.05) is 0 Å². The van der Waals surface area contributed by atoms with E-state index >= 15 is 0 Å². The van der Waals surface area contributed by atoms with Crippen LogP contribution in [0.25, 0.3) is 0 Å². The number of methoxy groups -OCH3 is 1. The van der Waals surface area contributed by atoms with E-state index in [1.165, 1.54) is 0 Å². The maximum Gasteiger partial charge on any atom is 0.0897 e. The number of aliphatic hydroxyl groups excluding tert-OH is 1. The highest BCUT2D eigenvalue weighted by molar-refractivity contribution is 4.57. The second-order valence-corrected chi connectivity index (χ2v) is 3.94. The molecule has 0 bridgehead atoms. The summed E-state index contributed by atoms with van der Waals surface area (Å²) in [7, 11) is 1.59. The molecule has 0 spiro atoms. The second-order valence-electron chi connectivity index (χ2n) is 3.94. The van der Waals surface area contributed by atoms with E-state index < -0.39 is 6.10 Å². The van der Waals surface area contributed by atoms with Crippen LogP contribution in [-0.2, 0) is 9.47 Å². The Bertz CT molecular complexity index is 131. The summed E-state index contributed by atoms with van der Waals surface area (Å²) in [4.78, 5) is 0. The quantitative estimate of drug-likeness (QED) is 0.533. The first kappa shape index (κ1) is 14.8. The molecule has 0 aromatic rings. The van der Waals surface area contributed by atoms with Crippen molar-refractivity contribution in [3.05, 3.63) is 0 Å². The van der Waals surface area contributed by atoms with Crippen molar-refractivity contribution in [2.24, 2.45) is 0 Å². The van der Waals surface area contributed by atoms with Gasteiger partial charge in [0.1, 0.15) is 0 Å². The largest absolute Gasteiger partial charge is 0.389 e. The minimum atomic E-state index is -0.401. The Balaban J connectivity index is 3.04. The molecule has 0 aliphatic carbocycles. The molecule has 4 nitrogen and oxygen atoms in total. The lowest BCUT2D eigenvalue weighted by atomic mass is 10.3. The van der Waals surface area contributed by atoms with Crippen molar-refractivity contribution in [3.8, 4) is 0 Å². The van der Waals surface area contributed by atoms with Crippen molar-refractivity contribution >= 4 is 0 Å². The number of hydrogen-bond acceptors (Lipinski definition) is 4. The number of ether oxygens (including phenoxy) is 2. The smallest absolute Gasteiger partial charge is 0.0897 e. The topological polar surface area (TPSA) is 50.7 Å². The lowest BCUT2D eigenvalue weighted by Gasteiger charge is -2.11. The molecule has 0 saturated carbocycles. The zero-order valence-electron chi connectivity index (χ0n) is 10.2. The molecule has 0 rings (SSSR count). The van der Waals surface area contributed by atoms with E-state index in [2.05, 4.69) is 5.32 Å². The van der Waals surface area contributed by atoms with Crippen molar-refractivity contribution in [1.82, 2.24) is 5.32 Å². The van der Waals surface area contributed by atoms with E-state index in [1.807, 2.05) is 13.8 Å². The van der Waals surface area contributed by atoms with Crippen LogP contribution in [-0.4, -0.2) is 50.7 Å². The van der Waals surface area contributed by atoms with Gasteiger partial charge in [0.15, 0.2) is 0 Å². The van der Waals surface area contributed by atoms with Gasteiger partial charge in [0.05, 0.1) is 18.8 Å². The molecule has 15 heavy (non-hydrogen) atoms. The highest BCUT2D eigenvalue weighted by Crippen LogP contribution is 1.93. The van der Waals surface area contributed by atoms with Crippen molar-refractivity contribution in [2.75, 3.05) is 33.4 Å². The third kappa shape index (κ3) is 11.8. The maximum absolute atomic E-state index is 9.31. The molecule has 0 aromatic heterocycles. The Morgan fingerprint density at radius 3 is 2.60 bits per heavy atom. The highest BCUT2D eigenvalue weighted by atomic mass is 16.5. The van der Waals surface area contributed by atoms with E-state index in [4.69, 9.17) is 9.47 Å². The molecule has 1 unspecified atom stereocenters. The van der Waals surface area contributed by atoms with Gasteiger partial charge < -0.3 is 19.9 Å². The van der Waals surface area contributed by atoms with Crippen molar-refractivity contribution in [3.63, 3.8) is 0 Å². The van der Waals surface area contributed by atoms with Crippen LogP contribution in [0.15, 0.2) is 0 Å². The first-order chi connectivity index (χ1) is 7.16. The molecule has 0 amide bonds. The fourth-order valence-corrected chi connectivity index (χ4v) is 1.19. The zero-order chi connectivity index (χ0) is 11.5. The summed E-state index contributed by atoms with van der Waals surface area (Å²) in [6.07, 6.45) is 2.06. The molecule has 1 atom stereocenters. The summed E-state index contributed by atoms with van der Waals surface area (Å²) < 4.78 is 10.2. The van der Waals surface area contributed by atoms with Gasteiger partial charge in [-0.2, -0.15) is 0 Å². The van der Waals surface area contributed by atoms with Gasteiger partial charge in [-0.3, -0.25) is 0 Å². The van der Waals surface area contributed by atoms with Gasteiger partial charge in [0, 0.05) is 20.3 Å². The molecular formula is C11H25NO3. The minimum Gasteiger partial charge on any atom is -0.389 e. The number of rotatable bonds is 10. The molecule has 0 saturated heterocycles. The lowest BCUT2D eigenvalue weighted by Crippen LogP contribution is -2.30. The number of hydrogen-bond donors (Lipinski definition) is 2. The van der Waals surface area contributed by atoms with Crippen LogP contribution in [0, 0.1) is 0 Å². The maximum atomic E-state index is 9.31. The third-order valence-electron chi connectivity index (χ3n) is 1.94. The molecule has 0 radical (unpaired) electrons. The van der Waals surface area contributed by atoms with Gasteiger partial charge >= 0.3 is 0 Å². The molecular weight excluding hydrogens is 194 g/mol. The Hall–Kier alpha value is -0.160. The van der Waals surface area contributed by atoms with E-state index in [0.29, 0.717) is 19.3 Å². The van der Waals surface area contributed by atoms with Crippen LogP contribution in [0.3, 0.4) is 0 Å². The van der Waals surface area contributed by atoms with Crippen LogP contribution in [0.1, 0.15) is 26.7 Å². The van der Waals surface area contributed by atoms with Crippen LogP contribution in [0.5, 0.6) is 0 Å². The highest BCUT2D eigenvalue weighted by Gasteiger charge is 2.01. The van der Waals surface area contributed by atoms with E-state index in [0.717, 1.165) is 26.0 Å². The average Bonchev–Trinajstić information content (AvgIpc) is 2.16. The fourth-order valence-electron chi connectivity index (χ4n) is 1.19. The summed E-state index contributed by atoms with van der Waals surface area (Å²) in [5, 5.41) is 12.5. The number of unbranched alkanes of at least 4 members (excludes halogenated alkanes) is 1. The van der Waals surface area contributed by atoms with Crippen LogP contribution >= 0.6 is 0 Å². The van der Waals surface area contributed by atoms with E-state index in [9.17, 15) is 5.11 Å². The summed E-state index contributed by atoms with van der Waals surface area (Å²) in [6.45, 7) is 6.81. The van der Waals surface area contributed by atoms with Gasteiger partial charge in [-0.15, -0.1) is 0 Å². The number of nitrogens with one attached hydrogen (secondary N) is 1. The summed E-state index contributed by atoms with van der Waals surface area (Å²) in [6, 6.07) is 0. The Labute approximate surface area is 93.0 Å². The first-order valence-electron chi connectivity index (χ1n) is 5.66. The van der Waals surface area contributed by atoms with Crippen molar-refractivity contribution in [1.29, 1.82) is 0 Å². The van der Waals surface area contributed by atoms with Gasteiger partial charge in [-0.25, -0.2) is 0 Å². The number of aliphatic hydroxyl groups is 1. The van der Waals surface area contributed by atoms with Crippen LogP contribution in [0.2, 0.25) is 0 Å². The van der Waals surface area contributed by atoms with E-state index in [-0.39, 0.29) is 0 Å². The summed E-state index contributed by atoms with van der Waals surface area (Å²) >= 11 is 0. The second kappa shape index (κ2) is 10.4. The van der Waals surface area contributed by atoms with Crippen molar-refractivity contribution < 1.29 is 14.6 Å². The summed E-state index contributed by atoms with van der Waals surface area (Å²) in [5.74, 6) is 0.